The summed E-state index contributed by atoms with van der Waals surface area (Å²) >= 11 is 0. The largest absolute Gasteiger partial charge is 0.326 e. The van der Waals surface area contributed by atoms with Gasteiger partial charge in [0.2, 0.25) is 0 Å². The lowest BCUT2D eigenvalue weighted by Crippen LogP contribution is -1.98. The molecule has 0 aliphatic rings. The molecule has 0 aromatic heterocycles. The number of rotatable bonds is 2. The van der Waals surface area contributed by atoms with Crippen molar-refractivity contribution in [2.24, 2.45) is 5.73 Å². The molecule has 2 aromatic carbocycles. The van der Waals surface area contributed by atoms with Crippen molar-refractivity contribution < 1.29 is 0 Å². The summed E-state index contributed by atoms with van der Waals surface area (Å²) in [6, 6.07) is 11.0. The lowest BCUT2D eigenvalue weighted by Gasteiger charge is -2.13. The van der Waals surface area contributed by atoms with E-state index in [1.54, 1.807) is 0 Å². The average molecular weight is 239 g/mol. The van der Waals surface area contributed by atoms with Crippen LogP contribution in [0.1, 0.15) is 27.8 Å². The first-order valence-corrected chi connectivity index (χ1v) is 6.40. The van der Waals surface area contributed by atoms with Crippen LogP contribution in [0.3, 0.4) is 0 Å². The maximum atomic E-state index is 5.74. The quantitative estimate of drug-likeness (QED) is 0.840. The summed E-state index contributed by atoms with van der Waals surface area (Å²) in [5, 5.41) is 0. The van der Waals surface area contributed by atoms with Crippen LogP contribution in [-0.2, 0) is 6.54 Å². The van der Waals surface area contributed by atoms with Gasteiger partial charge in [-0.05, 0) is 72.7 Å². The molecule has 0 amide bonds. The van der Waals surface area contributed by atoms with E-state index in [9.17, 15) is 0 Å². The molecular formula is C17H21N. The number of hydrogen-bond donors (Lipinski definition) is 1. The Labute approximate surface area is 110 Å². The van der Waals surface area contributed by atoms with Crippen molar-refractivity contribution in [2.45, 2.75) is 34.2 Å². The molecule has 0 unspecified atom stereocenters. The van der Waals surface area contributed by atoms with Gasteiger partial charge >= 0.3 is 0 Å². The standard InChI is InChI=1S/C17H21N/c1-11-5-6-15(10-18)9-17(11)16-8-13(3)12(2)7-14(16)4/h5-9H,10,18H2,1-4H3. The van der Waals surface area contributed by atoms with Crippen molar-refractivity contribution in [1.82, 2.24) is 0 Å². The highest BCUT2D eigenvalue weighted by Crippen LogP contribution is 2.29. The SMILES string of the molecule is Cc1cc(C)c(-c2cc(CN)ccc2C)cc1C. The molecule has 0 bridgehead atoms. The molecule has 0 atom stereocenters. The first-order valence-electron chi connectivity index (χ1n) is 6.40. The molecule has 2 rings (SSSR count). The molecule has 0 heterocycles. The number of hydrogen-bond acceptors (Lipinski definition) is 1. The predicted molar refractivity (Wildman–Crippen MR) is 78.7 cm³/mol. The van der Waals surface area contributed by atoms with Gasteiger partial charge in [0.15, 0.2) is 0 Å². The highest BCUT2D eigenvalue weighted by atomic mass is 14.5. The van der Waals surface area contributed by atoms with Crippen LogP contribution in [0.2, 0.25) is 0 Å². The van der Waals surface area contributed by atoms with E-state index >= 15 is 0 Å². The van der Waals surface area contributed by atoms with Crippen molar-refractivity contribution in [2.75, 3.05) is 0 Å². The molecule has 1 heteroatoms. The van der Waals surface area contributed by atoms with Crippen LogP contribution in [0.5, 0.6) is 0 Å². The summed E-state index contributed by atoms with van der Waals surface area (Å²) in [6.07, 6.45) is 0. The van der Waals surface area contributed by atoms with E-state index < -0.39 is 0 Å². The minimum Gasteiger partial charge on any atom is -0.326 e. The fourth-order valence-corrected chi connectivity index (χ4v) is 2.34. The first-order chi connectivity index (χ1) is 8.52. The zero-order valence-electron chi connectivity index (χ0n) is 11.7. The van der Waals surface area contributed by atoms with Crippen LogP contribution in [-0.4, -0.2) is 0 Å². The summed E-state index contributed by atoms with van der Waals surface area (Å²) in [7, 11) is 0. The van der Waals surface area contributed by atoms with E-state index in [1.165, 1.54) is 38.9 Å². The Morgan fingerprint density at radius 3 is 2.00 bits per heavy atom. The Balaban J connectivity index is 2.64. The number of nitrogens with two attached hydrogens (primary N) is 1. The van der Waals surface area contributed by atoms with Crippen LogP contribution in [0.15, 0.2) is 30.3 Å². The van der Waals surface area contributed by atoms with Gasteiger partial charge in [0, 0.05) is 6.54 Å². The summed E-state index contributed by atoms with van der Waals surface area (Å²) in [5.41, 5.74) is 14.9. The Kier molecular flexibility index (Phi) is 3.53. The van der Waals surface area contributed by atoms with E-state index in [2.05, 4.69) is 58.0 Å². The lowest BCUT2D eigenvalue weighted by atomic mass is 9.92. The maximum Gasteiger partial charge on any atom is 0.0178 e. The molecule has 94 valence electrons. The fourth-order valence-electron chi connectivity index (χ4n) is 2.34. The second kappa shape index (κ2) is 4.95. The predicted octanol–water partition coefficient (Wildman–Crippen LogP) is 4.05. The third kappa shape index (κ3) is 2.32. The Hall–Kier alpha value is -1.60. The third-order valence-electron chi connectivity index (χ3n) is 3.67. The first kappa shape index (κ1) is 12.8. The van der Waals surface area contributed by atoms with Gasteiger partial charge in [-0.15, -0.1) is 0 Å². The zero-order valence-corrected chi connectivity index (χ0v) is 11.7. The molecule has 2 N–H and O–H groups in total. The number of benzene rings is 2. The second-order valence-corrected chi connectivity index (χ2v) is 5.10. The lowest BCUT2D eigenvalue weighted by molar-refractivity contribution is 1.07. The normalized spacial score (nSPS) is 10.7. The van der Waals surface area contributed by atoms with Gasteiger partial charge < -0.3 is 5.73 Å². The highest BCUT2D eigenvalue weighted by molar-refractivity contribution is 5.72. The van der Waals surface area contributed by atoms with Gasteiger partial charge in [0.1, 0.15) is 0 Å². The molecule has 0 radical (unpaired) electrons. The highest BCUT2D eigenvalue weighted by Gasteiger charge is 2.08. The Bertz CT molecular complexity index is 582. The van der Waals surface area contributed by atoms with E-state index in [0.717, 1.165) is 0 Å². The summed E-state index contributed by atoms with van der Waals surface area (Å²) in [4.78, 5) is 0. The van der Waals surface area contributed by atoms with E-state index in [1.807, 2.05) is 0 Å². The average Bonchev–Trinajstić information content (AvgIpc) is 2.35. The van der Waals surface area contributed by atoms with Crippen LogP contribution >= 0.6 is 0 Å². The van der Waals surface area contributed by atoms with Gasteiger partial charge in [0.25, 0.3) is 0 Å². The van der Waals surface area contributed by atoms with E-state index in [0.29, 0.717) is 6.54 Å². The zero-order chi connectivity index (χ0) is 13.3. The summed E-state index contributed by atoms with van der Waals surface area (Å²) < 4.78 is 0. The van der Waals surface area contributed by atoms with Crippen molar-refractivity contribution in [3.63, 3.8) is 0 Å². The van der Waals surface area contributed by atoms with Gasteiger partial charge in [-0.3, -0.25) is 0 Å². The molecule has 0 fully saturated rings. The van der Waals surface area contributed by atoms with Crippen molar-refractivity contribution in [1.29, 1.82) is 0 Å². The van der Waals surface area contributed by atoms with E-state index in [-0.39, 0.29) is 0 Å². The van der Waals surface area contributed by atoms with Crippen molar-refractivity contribution in [3.05, 3.63) is 58.1 Å². The Morgan fingerprint density at radius 1 is 0.722 bits per heavy atom. The minimum atomic E-state index is 0.594. The molecule has 0 aliphatic heterocycles. The van der Waals surface area contributed by atoms with E-state index in [4.69, 9.17) is 5.73 Å². The van der Waals surface area contributed by atoms with Crippen molar-refractivity contribution >= 4 is 0 Å². The smallest absolute Gasteiger partial charge is 0.0178 e. The van der Waals surface area contributed by atoms with Crippen molar-refractivity contribution in [3.8, 4) is 11.1 Å². The van der Waals surface area contributed by atoms with Gasteiger partial charge in [-0.1, -0.05) is 24.3 Å². The maximum absolute atomic E-state index is 5.74. The van der Waals surface area contributed by atoms with Gasteiger partial charge in [-0.2, -0.15) is 0 Å². The van der Waals surface area contributed by atoms with Gasteiger partial charge in [0.05, 0.1) is 0 Å². The molecule has 0 saturated heterocycles. The molecular weight excluding hydrogens is 218 g/mol. The van der Waals surface area contributed by atoms with Crippen LogP contribution in [0.25, 0.3) is 11.1 Å². The third-order valence-corrected chi connectivity index (χ3v) is 3.67. The Morgan fingerprint density at radius 2 is 1.33 bits per heavy atom. The van der Waals surface area contributed by atoms with Crippen LogP contribution < -0.4 is 5.73 Å². The molecule has 18 heavy (non-hydrogen) atoms. The monoisotopic (exact) mass is 239 g/mol. The summed E-state index contributed by atoms with van der Waals surface area (Å²) in [5.74, 6) is 0. The topological polar surface area (TPSA) is 26.0 Å². The second-order valence-electron chi connectivity index (χ2n) is 5.10. The fraction of sp³-hybridized carbons (Fsp3) is 0.294. The number of aryl methyl sites for hydroxylation is 4. The van der Waals surface area contributed by atoms with Crippen LogP contribution in [0.4, 0.5) is 0 Å². The summed E-state index contributed by atoms with van der Waals surface area (Å²) in [6.45, 7) is 9.26. The van der Waals surface area contributed by atoms with Gasteiger partial charge in [-0.25, -0.2) is 0 Å². The minimum absolute atomic E-state index is 0.594. The molecule has 0 spiro atoms. The molecule has 0 aliphatic carbocycles. The van der Waals surface area contributed by atoms with Crippen LogP contribution in [0, 0.1) is 27.7 Å². The molecule has 0 saturated carbocycles. The molecule has 1 nitrogen and oxygen atoms in total. The molecule has 2 aromatic rings.